The van der Waals surface area contributed by atoms with Crippen molar-refractivity contribution in [2.75, 3.05) is 5.32 Å². The second-order valence-electron chi connectivity index (χ2n) is 4.09. The molecule has 0 bridgehead atoms. The molecular weight excluding hydrogens is 280 g/mol. The van der Waals surface area contributed by atoms with Gasteiger partial charge in [-0.3, -0.25) is 9.78 Å². The summed E-state index contributed by atoms with van der Waals surface area (Å²) in [4.78, 5) is 27.0. The van der Waals surface area contributed by atoms with E-state index in [9.17, 15) is 9.59 Å². The number of pyridine rings is 1. The Balaban J connectivity index is 2.32. The first-order chi connectivity index (χ1) is 9.50. The van der Waals surface area contributed by atoms with Gasteiger partial charge in [-0.25, -0.2) is 4.79 Å². The monoisotopic (exact) mass is 290 g/mol. The van der Waals surface area contributed by atoms with Crippen molar-refractivity contribution in [3.05, 3.63) is 58.4 Å². The van der Waals surface area contributed by atoms with Crippen LogP contribution in [0, 0.1) is 6.92 Å². The van der Waals surface area contributed by atoms with Gasteiger partial charge < -0.3 is 10.4 Å². The van der Waals surface area contributed by atoms with E-state index in [-0.39, 0.29) is 16.1 Å². The molecule has 2 aromatic rings. The number of nitrogens with one attached hydrogen (secondary N) is 1. The zero-order valence-electron chi connectivity index (χ0n) is 10.6. The molecule has 0 fully saturated rings. The average molecular weight is 291 g/mol. The van der Waals surface area contributed by atoms with Crippen molar-refractivity contribution >= 4 is 29.2 Å². The number of amides is 1. The maximum absolute atomic E-state index is 12.1. The molecule has 1 aromatic carbocycles. The molecule has 0 atom stereocenters. The van der Waals surface area contributed by atoms with E-state index >= 15 is 0 Å². The Morgan fingerprint density at radius 3 is 2.65 bits per heavy atom. The molecule has 0 saturated heterocycles. The van der Waals surface area contributed by atoms with Crippen LogP contribution in [0.5, 0.6) is 0 Å². The molecule has 0 aliphatic carbocycles. The summed E-state index contributed by atoms with van der Waals surface area (Å²) in [5.74, 6) is -1.48. The third kappa shape index (κ3) is 2.78. The molecule has 102 valence electrons. The highest BCUT2D eigenvalue weighted by molar-refractivity contribution is 6.34. The molecule has 0 aliphatic heterocycles. The summed E-state index contributed by atoms with van der Waals surface area (Å²) < 4.78 is 0. The number of aromatic carboxylic acids is 1. The van der Waals surface area contributed by atoms with E-state index in [1.165, 1.54) is 24.5 Å². The SMILES string of the molecule is Cc1c(NC(=O)c2cnccc2Cl)cccc1C(=O)O. The van der Waals surface area contributed by atoms with Gasteiger partial charge in [0.15, 0.2) is 0 Å². The second-order valence-corrected chi connectivity index (χ2v) is 4.50. The minimum atomic E-state index is -1.04. The van der Waals surface area contributed by atoms with Gasteiger partial charge in [-0.05, 0) is 30.7 Å². The molecule has 20 heavy (non-hydrogen) atoms. The van der Waals surface area contributed by atoms with Crippen LogP contribution in [-0.4, -0.2) is 22.0 Å². The number of carbonyl (C=O) groups excluding carboxylic acids is 1. The summed E-state index contributed by atoms with van der Waals surface area (Å²) in [5, 5.41) is 12.0. The van der Waals surface area contributed by atoms with Crippen molar-refractivity contribution in [3.63, 3.8) is 0 Å². The normalized spacial score (nSPS) is 10.1. The lowest BCUT2D eigenvalue weighted by molar-refractivity contribution is 0.0695. The molecule has 0 spiro atoms. The number of anilines is 1. The van der Waals surface area contributed by atoms with E-state index in [4.69, 9.17) is 16.7 Å². The van der Waals surface area contributed by atoms with Crippen LogP contribution < -0.4 is 5.32 Å². The van der Waals surface area contributed by atoms with Crippen molar-refractivity contribution in [2.45, 2.75) is 6.92 Å². The Bertz CT molecular complexity index is 686. The summed E-state index contributed by atoms with van der Waals surface area (Å²) in [7, 11) is 0. The highest BCUT2D eigenvalue weighted by Gasteiger charge is 2.14. The van der Waals surface area contributed by atoms with E-state index in [2.05, 4.69) is 10.3 Å². The number of aromatic nitrogens is 1. The quantitative estimate of drug-likeness (QED) is 0.911. The molecule has 0 aliphatic rings. The highest BCUT2D eigenvalue weighted by Crippen LogP contribution is 2.21. The smallest absolute Gasteiger partial charge is 0.336 e. The van der Waals surface area contributed by atoms with Crippen LogP contribution in [0.15, 0.2) is 36.7 Å². The largest absolute Gasteiger partial charge is 0.478 e. The number of nitrogens with zero attached hydrogens (tertiary/aromatic N) is 1. The van der Waals surface area contributed by atoms with Crippen molar-refractivity contribution in [3.8, 4) is 0 Å². The van der Waals surface area contributed by atoms with Crippen molar-refractivity contribution < 1.29 is 14.7 Å². The fraction of sp³-hybridized carbons (Fsp3) is 0.0714. The number of carbonyl (C=O) groups is 2. The lowest BCUT2D eigenvalue weighted by Crippen LogP contribution is -2.14. The molecule has 5 nitrogen and oxygen atoms in total. The lowest BCUT2D eigenvalue weighted by atomic mass is 10.1. The van der Waals surface area contributed by atoms with Gasteiger partial charge in [-0.1, -0.05) is 17.7 Å². The van der Waals surface area contributed by atoms with Crippen molar-refractivity contribution in [2.24, 2.45) is 0 Å². The number of halogens is 1. The fourth-order valence-corrected chi connectivity index (χ4v) is 1.93. The van der Waals surface area contributed by atoms with Gasteiger partial charge >= 0.3 is 5.97 Å². The number of rotatable bonds is 3. The first-order valence-corrected chi connectivity index (χ1v) is 6.12. The number of hydrogen-bond donors (Lipinski definition) is 2. The maximum Gasteiger partial charge on any atom is 0.336 e. The number of benzene rings is 1. The van der Waals surface area contributed by atoms with Gasteiger partial charge in [0.2, 0.25) is 0 Å². The van der Waals surface area contributed by atoms with Crippen molar-refractivity contribution in [1.82, 2.24) is 4.98 Å². The van der Waals surface area contributed by atoms with Crippen LogP contribution in [0.2, 0.25) is 5.02 Å². The van der Waals surface area contributed by atoms with Gasteiger partial charge in [0.25, 0.3) is 5.91 Å². The Morgan fingerprint density at radius 2 is 2.00 bits per heavy atom. The summed E-state index contributed by atoms with van der Waals surface area (Å²) in [5.41, 5.74) is 1.28. The van der Waals surface area contributed by atoms with Crippen molar-refractivity contribution in [1.29, 1.82) is 0 Å². The topological polar surface area (TPSA) is 79.3 Å². The van der Waals surface area contributed by atoms with Crippen LogP contribution >= 0.6 is 11.6 Å². The fourth-order valence-electron chi connectivity index (χ4n) is 1.74. The predicted molar refractivity (Wildman–Crippen MR) is 75.3 cm³/mol. The molecule has 0 unspecified atom stereocenters. The molecule has 6 heteroatoms. The number of carboxylic acid groups (broad SMARTS) is 1. The summed E-state index contributed by atoms with van der Waals surface area (Å²) in [6.45, 7) is 1.63. The van der Waals surface area contributed by atoms with Gasteiger partial charge in [-0.2, -0.15) is 0 Å². The average Bonchev–Trinajstić information content (AvgIpc) is 2.41. The first-order valence-electron chi connectivity index (χ1n) is 5.74. The minimum Gasteiger partial charge on any atom is -0.478 e. The zero-order chi connectivity index (χ0) is 14.7. The highest BCUT2D eigenvalue weighted by atomic mass is 35.5. The standard InChI is InChI=1S/C14H11ClN2O3/c1-8-9(14(19)20)3-2-4-12(8)17-13(18)10-7-16-6-5-11(10)15/h2-7H,1H3,(H,17,18)(H,19,20). The Morgan fingerprint density at radius 1 is 1.25 bits per heavy atom. The van der Waals surface area contributed by atoms with Gasteiger partial charge in [0.1, 0.15) is 0 Å². The Hall–Kier alpha value is -2.40. The molecular formula is C14H11ClN2O3. The molecule has 1 heterocycles. The molecule has 1 amide bonds. The third-order valence-corrected chi connectivity index (χ3v) is 3.15. The van der Waals surface area contributed by atoms with Gasteiger partial charge in [0, 0.05) is 18.1 Å². The van der Waals surface area contributed by atoms with Crippen LogP contribution in [0.25, 0.3) is 0 Å². The summed E-state index contributed by atoms with van der Waals surface area (Å²) in [6.07, 6.45) is 2.84. The Labute approximate surface area is 120 Å². The van der Waals surface area contributed by atoms with Crippen LogP contribution in [0.4, 0.5) is 5.69 Å². The van der Waals surface area contributed by atoms with Gasteiger partial charge in [0.05, 0.1) is 16.1 Å². The maximum atomic E-state index is 12.1. The predicted octanol–water partition coefficient (Wildman–Crippen LogP) is 2.99. The van der Waals surface area contributed by atoms with E-state index in [1.54, 1.807) is 19.1 Å². The van der Waals surface area contributed by atoms with Gasteiger partial charge in [-0.15, -0.1) is 0 Å². The second kappa shape index (κ2) is 5.71. The third-order valence-electron chi connectivity index (χ3n) is 2.82. The van der Waals surface area contributed by atoms with E-state index < -0.39 is 11.9 Å². The molecule has 2 rings (SSSR count). The molecule has 1 aromatic heterocycles. The molecule has 2 N–H and O–H groups in total. The molecule has 0 saturated carbocycles. The zero-order valence-corrected chi connectivity index (χ0v) is 11.3. The number of carboxylic acids is 1. The number of hydrogen-bond acceptors (Lipinski definition) is 3. The van der Waals surface area contributed by atoms with Crippen LogP contribution in [-0.2, 0) is 0 Å². The first kappa shape index (κ1) is 14.0. The lowest BCUT2D eigenvalue weighted by Gasteiger charge is -2.10. The minimum absolute atomic E-state index is 0.139. The summed E-state index contributed by atoms with van der Waals surface area (Å²) >= 11 is 5.91. The van der Waals surface area contributed by atoms with E-state index in [0.29, 0.717) is 11.3 Å². The van der Waals surface area contributed by atoms with E-state index in [0.717, 1.165) is 0 Å². The van der Waals surface area contributed by atoms with Crippen LogP contribution in [0.3, 0.4) is 0 Å². The van der Waals surface area contributed by atoms with Crippen LogP contribution in [0.1, 0.15) is 26.3 Å². The summed E-state index contributed by atoms with van der Waals surface area (Å²) in [6, 6.07) is 6.18. The molecule has 0 radical (unpaired) electrons. The van der Waals surface area contributed by atoms with E-state index in [1.807, 2.05) is 0 Å². The Kier molecular flexibility index (Phi) is 4.00.